The fraction of sp³-hybridized carbons (Fsp3) is 0.611. The van der Waals surface area contributed by atoms with E-state index in [1.807, 2.05) is 26.8 Å². The van der Waals surface area contributed by atoms with Gasteiger partial charge in [0, 0.05) is 24.1 Å². The molecule has 0 saturated heterocycles. The SMILES string of the molecule is CCOC1CC(N)(C(=O)Nc2ccc3c(c2)CCC3)C1(C)C. The van der Waals surface area contributed by atoms with Gasteiger partial charge in [0.15, 0.2) is 0 Å². The van der Waals surface area contributed by atoms with Crippen LogP contribution in [0.15, 0.2) is 18.2 Å². The summed E-state index contributed by atoms with van der Waals surface area (Å²) in [5.74, 6) is -0.105. The number of ether oxygens (including phenoxy) is 1. The van der Waals surface area contributed by atoms with Gasteiger partial charge in [0.25, 0.3) is 0 Å². The minimum Gasteiger partial charge on any atom is -0.378 e. The lowest BCUT2D eigenvalue weighted by Crippen LogP contribution is -2.74. The van der Waals surface area contributed by atoms with E-state index in [2.05, 4.69) is 17.4 Å². The number of hydrogen-bond donors (Lipinski definition) is 2. The van der Waals surface area contributed by atoms with Crippen molar-refractivity contribution in [3.8, 4) is 0 Å². The van der Waals surface area contributed by atoms with Crippen molar-refractivity contribution in [3.05, 3.63) is 29.3 Å². The summed E-state index contributed by atoms with van der Waals surface area (Å²) in [6.45, 7) is 6.64. The van der Waals surface area contributed by atoms with Gasteiger partial charge in [0.1, 0.15) is 5.54 Å². The molecule has 1 saturated carbocycles. The largest absolute Gasteiger partial charge is 0.378 e. The van der Waals surface area contributed by atoms with Crippen molar-refractivity contribution in [1.29, 1.82) is 0 Å². The molecule has 2 unspecified atom stereocenters. The summed E-state index contributed by atoms with van der Waals surface area (Å²) in [5, 5.41) is 3.01. The predicted octanol–water partition coefficient (Wildman–Crippen LogP) is 2.65. The fourth-order valence-corrected chi connectivity index (χ4v) is 3.71. The van der Waals surface area contributed by atoms with Crippen LogP contribution in [0.1, 0.15) is 44.7 Å². The summed E-state index contributed by atoms with van der Waals surface area (Å²) >= 11 is 0. The predicted molar refractivity (Wildman–Crippen MR) is 87.8 cm³/mol. The van der Waals surface area contributed by atoms with Gasteiger partial charge in [0.2, 0.25) is 5.91 Å². The number of nitrogens with two attached hydrogens (primary N) is 1. The van der Waals surface area contributed by atoms with Crippen molar-refractivity contribution in [2.24, 2.45) is 11.1 Å². The lowest BCUT2D eigenvalue weighted by molar-refractivity contribution is -0.166. The Morgan fingerprint density at radius 3 is 2.77 bits per heavy atom. The van der Waals surface area contributed by atoms with Gasteiger partial charge in [-0.05, 0) is 49.4 Å². The van der Waals surface area contributed by atoms with E-state index >= 15 is 0 Å². The zero-order valence-electron chi connectivity index (χ0n) is 13.7. The first kappa shape index (κ1) is 15.5. The number of aryl methyl sites for hydroxylation is 2. The molecule has 2 aliphatic carbocycles. The first-order valence-corrected chi connectivity index (χ1v) is 8.22. The van der Waals surface area contributed by atoms with Gasteiger partial charge in [-0.15, -0.1) is 0 Å². The van der Waals surface area contributed by atoms with E-state index in [1.54, 1.807) is 0 Å². The molecule has 4 nitrogen and oxygen atoms in total. The molecule has 0 aromatic heterocycles. The second kappa shape index (κ2) is 5.36. The number of carbonyl (C=O) groups excluding carboxylic acids is 1. The van der Waals surface area contributed by atoms with E-state index in [9.17, 15) is 4.79 Å². The first-order valence-electron chi connectivity index (χ1n) is 8.22. The van der Waals surface area contributed by atoms with Crippen molar-refractivity contribution in [2.45, 2.75) is 58.1 Å². The Labute approximate surface area is 132 Å². The molecule has 0 bridgehead atoms. The van der Waals surface area contributed by atoms with E-state index in [-0.39, 0.29) is 17.4 Å². The van der Waals surface area contributed by atoms with Gasteiger partial charge in [-0.1, -0.05) is 19.9 Å². The molecule has 4 heteroatoms. The summed E-state index contributed by atoms with van der Waals surface area (Å²) in [6, 6.07) is 6.20. The van der Waals surface area contributed by atoms with Gasteiger partial charge < -0.3 is 15.8 Å². The average Bonchev–Trinajstić information content (AvgIpc) is 2.94. The minimum absolute atomic E-state index is 0.0493. The third kappa shape index (κ3) is 2.25. The Morgan fingerprint density at radius 1 is 1.36 bits per heavy atom. The molecule has 2 aliphatic rings. The van der Waals surface area contributed by atoms with Crippen LogP contribution in [0.2, 0.25) is 0 Å². The van der Waals surface area contributed by atoms with E-state index in [0.29, 0.717) is 13.0 Å². The number of rotatable bonds is 4. The quantitative estimate of drug-likeness (QED) is 0.898. The van der Waals surface area contributed by atoms with Crippen molar-refractivity contribution < 1.29 is 9.53 Å². The van der Waals surface area contributed by atoms with Crippen LogP contribution in [0.3, 0.4) is 0 Å². The van der Waals surface area contributed by atoms with Gasteiger partial charge in [-0.3, -0.25) is 4.79 Å². The van der Waals surface area contributed by atoms with Crippen LogP contribution in [0.5, 0.6) is 0 Å². The molecule has 2 atom stereocenters. The van der Waals surface area contributed by atoms with Crippen LogP contribution in [0.4, 0.5) is 5.69 Å². The fourth-order valence-electron chi connectivity index (χ4n) is 3.71. The molecule has 0 heterocycles. The number of carbonyl (C=O) groups is 1. The molecular weight excluding hydrogens is 276 g/mol. The van der Waals surface area contributed by atoms with Gasteiger partial charge in [-0.2, -0.15) is 0 Å². The number of hydrogen-bond acceptors (Lipinski definition) is 3. The molecular formula is C18H26N2O2. The molecule has 1 aromatic rings. The van der Waals surface area contributed by atoms with E-state index in [1.165, 1.54) is 17.5 Å². The molecule has 120 valence electrons. The van der Waals surface area contributed by atoms with Gasteiger partial charge in [-0.25, -0.2) is 0 Å². The lowest BCUT2D eigenvalue weighted by Gasteiger charge is -2.57. The second-order valence-corrected chi connectivity index (χ2v) is 7.13. The van der Waals surface area contributed by atoms with E-state index in [4.69, 9.17) is 10.5 Å². The highest BCUT2D eigenvalue weighted by Gasteiger charge is 2.62. The van der Waals surface area contributed by atoms with Crippen LogP contribution in [0, 0.1) is 5.41 Å². The molecule has 0 spiro atoms. The smallest absolute Gasteiger partial charge is 0.245 e. The summed E-state index contributed by atoms with van der Waals surface area (Å²) < 4.78 is 5.69. The Balaban J connectivity index is 1.72. The first-order chi connectivity index (χ1) is 10.4. The Bertz CT molecular complexity index is 597. The number of nitrogens with one attached hydrogen (secondary N) is 1. The van der Waals surface area contributed by atoms with Crippen LogP contribution in [-0.4, -0.2) is 24.2 Å². The molecule has 1 fully saturated rings. The van der Waals surface area contributed by atoms with Crippen molar-refractivity contribution >= 4 is 11.6 Å². The summed E-state index contributed by atoms with van der Waals surface area (Å²) in [6.07, 6.45) is 4.08. The molecule has 1 aromatic carbocycles. The van der Waals surface area contributed by atoms with Crippen molar-refractivity contribution in [3.63, 3.8) is 0 Å². The minimum atomic E-state index is -0.869. The second-order valence-electron chi connectivity index (χ2n) is 7.13. The molecule has 0 radical (unpaired) electrons. The summed E-state index contributed by atoms with van der Waals surface area (Å²) in [5.41, 5.74) is 8.79. The zero-order valence-corrected chi connectivity index (χ0v) is 13.7. The maximum atomic E-state index is 12.7. The van der Waals surface area contributed by atoms with Gasteiger partial charge >= 0.3 is 0 Å². The van der Waals surface area contributed by atoms with E-state index in [0.717, 1.165) is 18.5 Å². The normalized spacial score (nSPS) is 28.8. The third-order valence-electron chi connectivity index (χ3n) is 5.59. The molecule has 3 N–H and O–H groups in total. The number of fused-ring (bicyclic) bond motifs is 1. The topological polar surface area (TPSA) is 64.3 Å². The zero-order chi connectivity index (χ0) is 16.0. The molecule has 22 heavy (non-hydrogen) atoms. The highest BCUT2D eigenvalue weighted by atomic mass is 16.5. The van der Waals surface area contributed by atoms with E-state index < -0.39 is 5.54 Å². The monoisotopic (exact) mass is 302 g/mol. The Kier molecular flexibility index (Phi) is 3.77. The van der Waals surface area contributed by atoms with Crippen molar-refractivity contribution in [2.75, 3.05) is 11.9 Å². The summed E-state index contributed by atoms with van der Waals surface area (Å²) in [7, 11) is 0. The maximum Gasteiger partial charge on any atom is 0.245 e. The lowest BCUT2D eigenvalue weighted by atomic mass is 9.54. The Hall–Kier alpha value is -1.39. The highest BCUT2D eigenvalue weighted by Crippen LogP contribution is 2.50. The van der Waals surface area contributed by atoms with Crippen LogP contribution in [0.25, 0.3) is 0 Å². The summed E-state index contributed by atoms with van der Waals surface area (Å²) in [4.78, 5) is 12.7. The highest BCUT2D eigenvalue weighted by molar-refractivity contribution is 5.99. The van der Waals surface area contributed by atoms with Crippen LogP contribution >= 0.6 is 0 Å². The van der Waals surface area contributed by atoms with Crippen LogP contribution < -0.4 is 11.1 Å². The average molecular weight is 302 g/mol. The number of benzene rings is 1. The van der Waals surface area contributed by atoms with Crippen molar-refractivity contribution in [1.82, 2.24) is 0 Å². The number of amides is 1. The number of anilines is 1. The Morgan fingerprint density at radius 2 is 2.09 bits per heavy atom. The van der Waals surface area contributed by atoms with Gasteiger partial charge in [0.05, 0.1) is 6.10 Å². The third-order valence-corrected chi connectivity index (χ3v) is 5.59. The molecule has 1 amide bonds. The van der Waals surface area contributed by atoms with Crippen LogP contribution in [-0.2, 0) is 22.4 Å². The standard InChI is InChI=1S/C18H26N2O2/c1-4-22-15-11-18(19,17(15,2)3)16(21)20-14-9-8-12-6-5-7-13(12)10-14/h8-10,15H,4-7,11,19H2,1-3H3,(H,20,21). The maximum absolute atomic E-state index is 12.7. The molecule has 3 rings (SSSR count). The molecule has 0 aliphatic heterocycles.